The molecule has 0 N–H and O–H groups in total. The third-order valence-corrected chi connectivity index (χ3v) is 5.99. The maximum Gasteiger partial charge on any atom is 0.332 e. The summed E-state index contributed by atoms with van der Waals surface area (Å²) in [6.07, 6.45) is 4.70. The first-order valence-electron chi connectivity index (χ1n) is 10.3. The molecule has 4 rings (SSSR count). The second-order valence-corrected chi connectivity index (χ2v) is 7.79. The average molecular weight is 406 g/mol. The van der Waals surface area contributed by atoms with E-state index in [1.54, 1.807) is 7.05 Å². The van der Waals surface area contributed by atoms with Crippen LogP contribution in [-0.2, 0) is 13.6 Å². The molecule has 0 aliphatic heterocycles. The summed E-state index contributed by atoms with van der Waals surface area (Å²) < 4.78 is 6.79. The molecule has 0 saturated heterocycles. The molecule has 0 aliphatic rings. The Morgan fingerprint density at radius 2 is 1.80 bits per heavy atom. The average Bonchev–Trinajstić information content (AvgIpc) is 3.25. The van der Waals surface area contributed by atoms with E-state index in [0.29, 0.717) is 16.9 Å². The lowest BCUT2D eigenvalue weighted by Gasteiger charge is -2.13. The summed E-state index contributed by atoms with van der Waals surface area (Å²) in [6, 6.07) is 10.0. The summed E-state index contributed by atoms with van der Waals surface area (Å²) >= 11 is 0. The first-order chi connectivity index (χ1) is 14.4. The Bertz CT molecular complexity index is 1380. The fourth-order valence-electron chi connectivity index (χ4n) is 4.00. The van der Waals surface area contributed by atoms with Gasteiger partial charge < -0.3 is 4.57 Å². The largest absolute Gasteiger partial charge is 0.332 e. The van der Waals surface area contributed by atoms with Gasteiger partial charge in [-0.2, -0.15) is 4.98 Å². The van der Waals surface area contributed by atoms with Crippen LogP contribution in [0.25, 0.3) is 23.0 Å². The lowest BCUT2D eigenvalue weighted by molar-refractivity contribution is 0.532. The Morgan fingerprint density at radius 1 is 1.10 bits per heavy atom. The van der Waals surface area contributed by atoms with Gasteiger partial charge in [0.05, 0.1) is 0 Å². The standard InChI is InChI=1S/C23H27N5O2/c1-6-15(2)27-16(3)17(4)28-19-20(24-22(27)28)25(5)23(30)26(21(19)29)14-10-13-18-11-8-7-9-12-18/h7-13,15H,6,14H2,1-5H3/b13-10-/t15-/m1/s1. The molecule has 0 bridgehead atoms. The van der Waals surface area contributed by atoms with Crippen molar-refractivity contribution in [2.75, 3.05) is 0 Å². The molecule has 0 fully saturated rings. The van der Waals surface area contributed by atoms with Gasteiger partial charge in [-0.3, -0.25) is 18.3 Å². The number of hydrogen-bond acceptors (Lipinski definition) is 3. The van der Waals surface area contributed by atoms with Crippen molar-refractivity contribution in [3.63, 3.8) is 0 Å². The van der Waals surface area contributed by atoms with Crippen molar-refractivity contribution >= 4 is 23.0 Å². The van der Waals surface area contributed by atoms with E-state index in [-0.39, 0.29) is 23.8 Å². The van der Waals surface area contributed by atoms with E-state index in [1.807, 2.05) is 60.7 Å². The van der Waals surface area contributed by atoms with Gasteiger partial charge in [0.25, 0.3) is 5.56 Å². The van der Waals surface area contributed by atoms with Crippen LogP contribution in [0, 0.1) is 13.8 Å². The molecule has 30 heavy (non-hydrogen) atoms. The van der Waals surface area contributed by atoms with Gasteiger partial charge in [-0.05, 0) is 32.8 Å². The first-order valence-corrected chi connectivity index (χ1v) is 10.3. The van der Waals surface area contributed by atoms with Crippen LogP contribution in [0.2, 0.25) is 0 Å². The number of fused-ring (bicyclic) bond motifs is 3. The number of benzene rings is 1. The molecule has 0 aliphatic carbocycles. The van der Waals surface area contributed by atoms with Gasteiger partial charge in [0.2, 0.25) is 5.78 Å². The maximum absolute atomic E-state index is 13.4. The number of rotatable bonds is 5. The molecule has 156 valence electrons. The molecule has 3 heterocycles. The monoisotopic (exact) mass is 405 g/mol. The van der Waals surface area contributed by atoms with E-state index >= 15 is 0 Å². The molecular weight excluding hydrogens is 378 g/mol. The zero-order chi connectivity index (χ0) is 21.6. The van der Waals surface area contributed by atoms with Crippen molar-refractivity contribution in [2.45, 2.75) is 46.7 Å². The highest BCUT2D eigenvalue weighted by Crippen LogP contribution is 2.25. The normalized spacial score (nSPS) is 13.1. The molecule has 7 nitrogen and oxygen atoms in total. The number of aryl methyl sites for hydroxylation is 2. The van der Waals surface area contributed by atoms with E-state index in [4.69, 9.17) is 4.98 Å². The van der Waals surface area contributed by atoms with Crippen LogP contribution in [-0.4, -0.2) is 23.1 Å². The van der Waals surface area contributed by atoms with E-state index < -0.39 is 0 Å². The molecular formula is C23H27N5O2. The van der Waals surface area contributed by atoms with Gasteiger partial charge in [-0.15, -0.1) is 0 Å². The number of allylic oxidation sites excluding steroid dienone is 1. The lowest BCUT2D eigenvalue weighted by Crippen LogP contribution is -2.39. The predicted molar refractivity (Wildman–Crippen MR) is 120 cm³/mol. The second kappa shape index (κ2) is 7.48. The number of imidazole rings is 2. The predicted octanol–water partition coefficient (Wildman–Crippen LogP) is 3.45. The topological polar surface area (TPSA) is 66.2 Å². The molecule has 0 radical (unpaired) electrons. The third kappa shape index (κ3) is 2.93. The van der Waals surface area contributed by atoms with Crippen LogP contribution in [0.3, 0.4) is 0 Å². The number of hydrogen-bond donors (Lipinski definition) is 0. The molecule has 0 unspecified atom stereocenters. The van der Waals surface area contributed by atoms with Crippen molar-refractivity contribution in [3.8, 4) is 0 Å². The van der Waals surface area contributed by atoms with Gasteiger partial charge in [0, 0.05) is 31.0 Å². The summed E-state index contributed by atoms with van der Waals surface area (Å²) in [7, 11) is 1.67. The Hall–Kier alpha value is -3.35. The SMILES string of the molecule is CC[C@@H](C)n1c(C)c(C)n2c3c(=O)n(C/C=C\c4ccccc4)c(=O)n(C)c3nc12. The van der Waals surface area contributed by atoms with Crippen molar-refractivity contribution in [1.29, 1.82) is 0 Å². The van der Waals surface area contributed by atoms with E-state index in [1.165, 1.54) is 9.13 Å². The van der Waals surface area contributed by atoms with Gasteiger partial charge in [-0.25, -0.2) is 4.79 Å². The molecule has 0 amide bonds. The zero-order valence-corrected chi connectivity index (χ0v) is 18.1. The molecule has 0 saturated carbocycles. The van der Waals surface area contributed by atoms with Crippen LogP contribution in [0.15, 0.2) is 46.0 Å². The van der Waals surface area contributed by atoms with E-state index in [0.717, 1.165) is 23.4 Å². The lowest BCUT2D eigenvalue weighted by atomic mass is 10.2. The van der Waals surface area contributed by atoms with Gasteiger partial charge in [0.15, 0.2) is 11.2 Å². The molecule has 1 aromatic carbocycles. The summed E-state index contributed by atoms with van der Waals surface area (Å²) in [5.74, 6) is 0.707. The van der Waals surface area contributed by atoms with E-state index in [9.17, 15) is 9.59 Å². The Morgan fingerprint density at radius 3 is 2.47 bits per heavy atom. The zero-order valence-electron chi connectivity index (χ0n) is 18.1. The highest BCUT2D eigenvalue weighted by molar-refractivity contribution is 5.76. The molecule has 3 aromatic heterocycles. The Balaban J connectivity index is 1.94. The smallest absolute Gasteiger partial charge is 0.311 e. The number of nitrogens with zero attached hydrogens (tertiary/aromatic N) is 5. The third-order valence-electron chi connectivity index (χ3n) is 5.99. The van der Waals surface area contributed by atoms with Gasteiger partial charge >= 0.3 is 5.69 Å². The van der Waals surface area contributed by atoms with Crippen LogP contribution >= 0.6 is 0 Å². The van der Waals surface area contributed by atoms with Crippen molar-refractivity contribution in [1.82, 2.24) is 23.1 Å². The van der Waals surface area contributed by atoms with E-state index in [2.05, 4.69) is 18.4 Å². The summed E-state index contributed by atoms with van der Waals surface area (Å²) in [6.45, 7) is 8.50. The van der Waals surface area contributed by atoms with Crippen molar-refractivity contribution < 1.29 is 0 Å². The first kappa shape index (κ1) is 19.9. The Labute approximate surface area is 174 Å². The van der Waals surface area contributed by atoms with Crippen molar-refractivity contribution in [3.05, 3.63) is 74.2 Å². The summed E-state index contributed by atoms with van der Waals surface area (Å²) in [5, 5.41) is 0. The molecule has 4 aromatic rings. The molecule has 1 atom stereocenters. The van der Waals surface area contributed by atoms with Crippen LogP contribution in [0.4, 0.5) is 0 Å². The fraction of sp³-hybridized carbons (Fsp3) is 0.348. The van der Waals surface area contributed by atoms with Crippen molar-refractivity contribution in [2.24, 2.45) is 7.05 Å². The Kier molecular flexibility index (Phi) is 4.97. The highest BCUT2D eigenvalue weighted by Gasteiger charge is 2.23. The minimum atomic E-state index is -0.365. The van der Waals surface area contributed by atoms with Gasteiger partial charge in [0.1, 0.15) is 0 Å². The molecule has 0 spiro atoms. The quantitative estimate of drug-likeness (QED) is 0.511. The maximum atomic E-state index is 13.4. The molecule has 7 heteroatoms. The minimum absolute atomic E-state index is 0.202. The van der Waals surface area contributed by atoms with Crippen LogP contribution < -0.4 is 11.2 Å². The fourth-order valence-corrected chi connectivity index (χ4v) is 4.00. The van der Waals surface area contributed by atoms with Crippen LogP contribution in [0.1, 0.15) is 43.3 Å². The summed E-state index contributed by atoms with van der Waals surface area (Å²) in [4.78, 5) is 31.0. The van der Waals surface area contributed by atoms with Gasteiger partial charge in [-0.1, -0.05) is 49.4 Å². The minimum Gasteiger partial charge on any atom is -0.311 e. The summed E-state index contributed by atoms with van der Waals surface area (Å²) in [5.41, 5.74) is 3.25. The second-order valence-electron chi connectivity index (χ2n) is 7.79. The number of aromatic nitrogens is 5. The van der Waals surface area contributed by atoms with Crippen LogP contribution in [0.5, 0.6) is 0 Å². The highest BCUT2D eigenvalue weighted by atomic mass is 16.2.